The average molecular weight is 210 g/mol. The molecule has 0 saturated heterocycles. The van der Waals surface area contributed by atoms with E-state index in [1.807, 2.05) is 0 Å². The minimum absolute atomic E-state index is 0.588. The summed E-state index contributed by atoms with van der Waals surface area (Å²) in [5, 5.41) is 7.74. The Morgan fingerprint density at radius 2 is 2.50 bits per heavy atom. The van der Waals surface area contributed by atoms with E-state index in [2.05, 4.69) is 38.8 Å². The zero-order valence-electron chi connectivity index (χ0n) is 8.26. The van der Waals surface area contributed by atoms with Crippen molar-refractivity contribution in [1.29, 1.82) is 0 Å². The lowest BCUT2D eigenvalue weighted by molar-refractivity contribution is 0.324. The predicted molar refractivity (Wildman–Crippen MR) is 59.3 cm³/mol. The van der Waals surface area contributed by atoms with Crippen LogP contribution in [0.25, 0.3) is 10.4 Å². The van der Waals surface area contributed by atoms with Crippen LogP contribution in [0.3, 0.4) is 0 Å². The Morgan fingerprint density at radius 1 is 1.64 bits per heavy atom. The van der Waals surface area contributed by atoms with E-state index in [4.69, 9.17) is 5.53 Å². The van der Waals surface area contributed by atoms with E-state index in [9.17, 15) is 0 Å². The van der Waals surface area contributed by atoms with Gasteiger partial charge in [-0.05, 0) is 47.9 Å². The molecule has 0 aliphatic heterocycles. The second kappa shape index (κ2) is 6.43. The fraction of sp³-hybridized carbons (Fsp3) is 0.556. The summed E-state index contributed by atoms with van der Waals surface area (Å²) in [6.45, 7) is 2.53. The molecule has 4 nitrogen and oxygen atoms in total. The monoisotopic (exact) mass is 210 g/mol. The molecule has 76 valence electrons. The number of hydrogen-bond donors (Lipinski definition) is 0. The van der Waals surface area contributed by atoms with E-state index in [1.165, 1.54) is 5.56 Å². The molecule has 0 N–H and O–H groups in total. The third-order valence-electron chi connectivity index (χ3n) is 1.89. The van der Waals surface area contributed by atoms with Crippen LogP contribution in [0, 0.1) is 0 Å². The molecule has 0 saturated carbocycles. The maximum absolute atomic E-state index is 8.09. The van der Waals surface area contributed by atoms with Crippen LogP contribution in [-0.2, 0) is 6.54 Å². The van der Waals surface area contributed by atoms with E-state index in [-0.39, 0.29) is 0 Å². The third-order valence-corrected chi connectivity index (χ3v) is 2.63. The van der Waals surface area contributed by atoms with Crippen molar-refractivity contribution in [1.82, 2.24) is 4.90 Å². The summed E-state index contributed by atoms with van der Waals surface area (Å²) in [7, 11) is 2.08. The molecule has 0 radical (unpaired) electrons. The minimum atomic E-state index is 0.588. The van der Waals surface area contributed by atoms with Crippen molar-refractivity contribution in [3.05, 3.63) is 32.8 Å². The Hall–Kier alpha value is -1.03. The van der Waals surface area contributed by atoms with Crippen molar-refractivity contribution in [2.75, 3.05) is 20.1 Å². The van der Waals surface area contributed by atoms with Crippen molar-refractivity contribution >= 4 is 11.3 Å². The smallest absolute Gasteiger partial charge is 0.0270 e. The van der Waals surface area contributed by atoms with Gasteiger partial charge in [0.1, 0.15) is 0 Å². The number of azide groups is 1. The highest BCUT2D eigenvalue weighted by molar-refractivity contribution is 7.07. The van der Waals surface area contributed by atoms with Gasteiger partial charge in [0.15, 0.2) is 0 Å². The van der Waals surface area contributed by atoms with Crippen molar-refractivity contribution in [2.24, 2.45) is 5.11 Å². The van der Waals surface area contributed by atoms with Crippen LogP contribution in [0.2, 0.25) is 0 Å². The van der Waals surface area contributed by atoms with Crippen LogP contribution in [0.4, 0.5) is 0 Å². The van der Waals surface area contributed by atoms with Crippen LogP contribution in [0.1, 0.15) is 12.0 Å². The van der Waals surface area contributed by atoms with E-state index in [0.29, 0.717) is 6.54 Å². The van der Waals surface area contributed by atoms with E-state index >= 15 is 0 Å². The molecule has 0 aliphatic carbocycles. The van der Waals surface area contributed by atoms with Gasteiger partial charge in [0, 0.05) is 18.0 Å². The van der Waals surface area contributed by atoms with Gasteiger partial charge in [-0.3, -0.25) is 0 Å². The zero-order chi connectivity index (χ0) is 10.2. The summed E-state index contributed by atoms with van der Waals surface area (Å²) in [6, 6.07) is 2.13. The highest BCUT2D eigenvalue weighted by atomic mass is 32.1. The predicted octanol–water partition coefficient (Wildman–Crippen LogP) is 2.88. The molecule has 1 rings (SSSR count). The Balaban J connectivity index is 2.16. The molecule has 0 unspecified atom stereocenters. The number of hydrogen-bond acceptors (Lipinski definition) is 3. The lowest BCUT2D eigenvalue weighted by atomic mass is 10.3. The summed E-state index contributed by atoms with van der Waals surface area (Å²) in [5.41, 5.74) is 9.43. The van der Waals surface area contributed by atoms with Crippen molar-refractivity contribution in [3.8, 4) is 0 Å². The fourth-order valence-electron chi connectivity index (χ4n) is 1.23. The number of thiophene rings is 1. The van der Waals surface area contributed by atoms with Gasteiger partial charge in [-0.1, -0.05) is 5.11 Å². The van der Waals surface area contributed by atoms with Gasteiger partial charge < -0.3 is 4.90 Å². The van der Waals surface area contributed by atoms with Crippen molar-refractivity contribution in [2.45, 2.75) is 13.0 Å². The Morgan fingerprint density at radius 3 is 3.14 bits per heavy atom. The second-order valence-corrected chi connectivity index (χ2v) is 3.96. The van der Waals surface area contributed by atoms with Crippen LogP contribution < -0.4 is 0 Å². The first-order chi connectivity index (χ1) is 6.83. The lowest BCUT2D eigenvalue weighted by Crippen LogP contribution is -2.19. The van der Waals surface area contributed by atoms with E-state index < -0.39 is 0 Å². The van der Waals surface area contributed by atoms with Gasteiger partial charge in [0.2, 0.25) is 0 Å². The molecular weight excluding hydrogens is 196 g/mol. The molecule has 0 bridgehead atoms. The average Bonchev–Trinajstić information content (AvgIpc) is 2.65. The van der Waals surface area contributed by atoms with Crippen LogP contribution in [0.5, 0.6) is 0 Å². The third kappa shape index (κ3) is 4.28. The zero-order valence-corrected chi connectivity index (χ0v) is 9.07. The first kappa shape index (κ1) is 11.0. The summed E-state index contributed by atoms with van der Waals surface area (Å²) >= 11 is 1.72. The Bertz CT molecular complexity index is 290. The standard InChI is InChI=1S/C9H14N4S/c1-13(5-2-4-11-12-10)7-9-3-6-14-8-9/h3,6,8H,2,4-5,7H2,1H3. The summed E-state index contributed by atoms with van der Waals surface area (Å²) in [5.74, 6) is 0. The number of nitrogens with zero attached hydrogens (tertiary/aromatic N) is 4. The number of rotatable bonds is 6. The summed E-state index contributed by atoms with van der Waals surface area (Å²) in [4.78, 5) is 4.95. The highest BCUT2D eigenvalue weighted by Gasteiger charge is 1.99. The maximum atomic E-state index is 8.09. The molecule has 0 aromatic carbocycles. The van der Waals surface area contributed by atoms with E-state index in [1.54, 1.807) is 11.3 Å². The van der Waals surface area contributed by atoms with Crippen LogP contribution >= 0.6 is 11.3 Å². The molecule has 1 heterocycles. The van der Waals surface area contributed by atoms with Crippen molar-refractivity contribution < 1.29 is 0 Å². The molecule has 0 aliphatic rings. The molecule has 0 fully saturated rings. The van der Waals surface area contributed by atoms with Gasteiger partial charge >= 0.3 is 0 Å². The molecule has 0 atom stereocenters. The Kier molecular flexibility index (Phi) is 5.07. The molecule has 0 amide bonds. The fourth-order valence-corrected chi connectivity index (χ4v) is 1.89. The van der Waals surface area contributed by atoms with Crippen LogP contribution in [0.15, 0.2) is 21.9 Å². The summed E-state index contributed by atoms with van der Waals surface area (Å²) < 4.78 is 0. The quantitative estimate of drug-likeness (QED) is 0.308. The van der Waals surface area contributed by atoms with Gasteiger partial charge in [0.25, 0.3) is 0 Å². The minimum Gasteiger partial charge on any atom is -0.302 e. The molecule has 14 heavy (non-hydrogen) atoms. The van der Waals surface area contributed by atoms with Crippen LogP contribution in [-0.4, -0.2) is 25.0 Å². The molecule has 1 aromatic heterocycles. The van der Waals surface area contributed by atoms with Gasteiger partial charge in [-0.15, -0.1) is 0 Å². The maximum Gasteiger partial charge on any atom is 0.0270 e. The first-order valence-electron chi connectivity index (χ1n) is 4.53. The molecule has 0 spiro atoms. The van der Waals surface area contributed by atoms with Gasteiger partial charge in [-0.2, -0.15) is 11.3 Å². The topological polar surface area (TPSA) is 52.0 Å². The summed E-state index contributed by atoms with van der Waals surface area (Å²) in [6.07, 6.45) is 0.921. The molecular formula is C9H14N4S. The van der Waals surface area contributed by atoms with E-state index in [0.717, 1.165) is 19.5 Å². The van der Waals surface area contributed by atoms with Gasteiger partial charge in [-0.25, -0.2) is 0 Å². The Labute approximate surface area is 87.8 Å². The van der Waals surface area contributed by atoms with Crippen molar-refractivity contribution in [3.63, 3.8) is 0 Å². The molecule has 1 aromatic rings. The largest absolute Gasteiger partial charge is 0.302 e. The lowest BCUT2D eigenvalue weighted by Gasteiger charge is -2.14. The van der Waals surface area contributed by atoms with Gasteiger partial charge in [0.05, 0.1) is 0 Å². The second-order valence-electron chi connectivity index (χ2n) is 3.18. The molecule has 5 heteroatoms. The first-order valence-corrected chi connectivity index (χ1v) is 5.47. The SMILES string of the molecule is CN(CCCN=[N+]=[N-])Cc1ccsc1. The normalized spacial score (nSPS) is 10.1. The highest BCUT2D eigenvalue weighted by Crippen LogP contribution is 2.08.